The summed E-state index contributed by atoms with van der Waals surface area (Å²) in [6.07, 6.45) is 6.88. The van der Waals surface area contributed by atoms with E-state index in [1.54, 1.807) is 7.11 Å². The Morgan fingerprint density at radius 1 is 1.38 bits per heavy atom. The zero-order chi connectivity index (χ0) is 15.2. The second kappa shape index (κ2) is 7.46. The van der Waals surface area contributed by atoms with Gasteiger partial charge < -0.3 is 15.6 Å². The van der Waals surface area contributed by atoms with Gasteiger partial charge in [0.05, 0.1) is 7.11 Å². The SMILES string of the molecule is COc1ccc(C2CCCCC2)cc1C(N)CCC(=O)O. The summed E-state index contributed by atoms with van der Waals surface area (Å²) < 4.78 is 5.39. The van der Waals surface area contributed by atoms with E-state index in [9.17, 15) is 4.79 Å². The van der Waals surface area contributed by atoms with E-state index in [2.05, 4.69) is 12.1 Å². The van der Waals surface area contributed by atoms with Crippen LogP contribution in [0.15, 0.2) is 18.2 Å². The Morgan fingerprint density at radius 2 is 2.10 bits per heavy atom. The lowest BCUT2D eigenvalue weighted by atomic mass is 9.83. The maximum absolute atomic E-state index is 10.7. The molecule has 0 aromatic heterocycles. The second-order valence-corrected chi connectivity index (χ2v) is 5.88. The minimum atomic E-state index is -0.812. The van der Waals surface area contributed by atoms with E-state index in [-0.39, 0.29) is 12.5 Å². The van der Waals surface area contributed by atoms with E-state index >= 15 is 0 Å². The molecule has 1 aromatic carbocycles. The number of hydrogen-bond donors (Lipinski definition) is 2. The number of carbonyl (C=O) groups is 1. The second-order valence-electron chi connectivity index (χ2n) is 5.88. The summed E-state index contributed by atoms with van der Waals surface area (Å²) in [4.78, 5) is 10.7. The molecule has 0 amide bonds. The van der Waals surface area contributed by atoms with Crippen molar-refractivity contribution in [2.24, 2.45) is 5.73 Å². The molecular weight excluding hydrogens is 266 g/mol. The summed E-state index contributed by atoms with van der Waals surface area (Å²) in [7, 11) is 1.63. The fraction of sp³-hybridized carbons (Fsp3) is 0.588. The number of carboxylic acids is 1. The summed E-state index contributed by atoms with van der Waals surface area (Å²) in [5.74, 6) is 0.551. The van der Waals surface area contributed by atoms with Crippen LogP contribution in [0.25, 0.3) is 0 Å². The van der Waals surface area contributed by atoms with E-state index in [0.29, 0.717) is 12.3 Å². The van der Waals surface area contributed by atoms with Crippen LogP contribution < -0.4 is 10.5 Å². The average Bonchev–Trinajstić information content (AvgIpc) is 2.52. The van der Waals surface area contributed by atoms with Gasteiger partial charge in [0.25, 0.3) is 0 Å². The Kier molecular flexibility index (Phi) is 5.62. The van der Waals surface area contributed by atoms with Gasteiger partial charge in [-0.25, -0.2) is 0 Å². The molecule has 116 valence electrons. The van der Waals surface area contributed by atoms with E-state index in [1.165, 1.54) is 37.7 Å². The summed E-state index contributed by atoms with van der Waals surface area (Å²) in [6, 6.07) is 5.93. The Balaban J connectivity index is 2.18. The van der Waals surface area contributed by atoms with Gasteiger partial charge in [0.1, 0.15) is 5.75 Å². The van der Waals surface area contributed by atoms with Gasteiger partial charge in [-0.2, -0.15) is 0 Å². The lowest BCUT2D eigenvalue weighted by Gasteiger charge is -2.24. The molecule has 0 bridgehead atoms. The largest absolute Gasteiger partial charge is 0.496 e. The topological polar surface area (TPSA) is 72.5 Å². The van der Waals surface area contributed by atoms with Crippen molar-refractivity contribution in [1.82, 2.24) is 0 Å². The summed E-state index contributed by atoms with van der Waals surface area (Å²) in [5, 5.41) is 8.81. The van der Waals surface area contributed by atoms with Gasteiger partial charge in [-0.1, -0.05) is 31.4 Å². The highest BCUT2D eigenvalue weighted by molar-refractivity contribution is 5.66. The average molecular weight is 291 g/mol. The molecule has 4 nitrogen and oxygen atoms in total. The standard InChI is InChI=1S/C17H25NO3/c1-21-16-9-7-13(12-5-3-2-4-6-12)11-14(16)15(18)8-10-17(19)20/h7,9,11-12,15H,2-6,8,10,18H2,1H3,(H,19,20). The molecule has 0 heterocycles. The number of hydrogen-bond acceptors (Lipinski definition) is 3. The molecule has 1 aromatic rings. The van der Waals surface area contributed by atoms with Crippen molar-refractivity contribution in [2.75, 3.05) is 7.11 Å². The van der Waals surface area contributed by atoms with Crippen LogP contribution in [0.1, 0.15) is 68.0 Å². The maximum Gasteiger partial charge on any atom is 0.303 e. The zero-order valence-corrected chi connectivity index (χ0v) is 12.7. The third-order valence-electron chi connectivity index (χ3n) is 4.40. The fourth-order valence-electron chi connectivity index (χ4n) is 3.17. The molecule has 1 aliphatic carbocycles. The first kappa shape index (κ1) is 15.8. The Bertz CT molecular complexity index is 481. The van der Waals surface area contributed by atoms with Crippen molar-refractivity contribution in [1.29, 1.82) is 0 Å². The maximum atomic E-state index is 10.7. The van der Waals surface area contributed by atoms with Gasteiger partial charge in [0.2, 0.25) is 0 Å². The van der Waals surface area contributed by atoms with Crippen LogP contribution in [0.5, 0.6) is 5.75 Å². The van der Waals surface area contributed by atoms with Crippen LogP contribution in [-0.4, -0.2) is 18.2 Å². The Labute approximate surface area is 126 Å². The quantitative estimate of drug-likeness (QED) is 0.839. The predicted molar refractivity (Wildman–Crippen MR) is 82.6 cm³/mol. The summed E-state index contributed by atoms with van der Waals surface area (Å²) in [6.45, 7) is 0. The van der Waals surface area contributed by atoms with Gasteiger partial charge in [0, 0.05) is 18.0 Å². The summed E-state index contributed by atoms with van der Waals surface area (Å²) >= 11 is 0. The highest BCUT2D eigenvalue weighted by atomic mass is 16.5. The Hall–Kier alpha value is -1.55. The third-order valence-corrected chi connectivity index (χ3v) is 4.40. The van der Waals surface area contributed by atoms with Gasteiger partial charge in [0.15, 0.2) is 0 Å². The first-order valence-corrected chi connectivity index (χ1v) is 7.77. The number of methoxy groups -OCH3 is 1. The first-order chi connectivity index (χ1) is 10.1. The smallest absolute Gasteiger partial charge is 0.303 e. The van der Waals surface area contributed by atoms with Crippen molar-refractivity contribution >= 4 is 5.97 Å². The highest BCUT2D eigenvalue weighted by Crippen LogP contribution is 2.36. The van der Waals surface area contributed by atoms with Gasteiger partial charge in [-0.05, 0) is 36.8 Å². The number of rotatable bonds is 6. The molecule has 1 fully saturated rings. The van der Waals surface area contributed by atoms with Crippen molar-refractivity contribution in [3.63, 3.8) is 0 Å². The van der Waals surface area contributed by atoms with E-state index in [0.717, 1.165) is 11.3 Å². The molecule has 1 unspecified atom stereocenters. The van der Waals surface area contributed by atoms with E-state index in [4.69, 9.17) is 15.6 Å². The molecule has 0 saturated heterocycles. The lowest BCUT2D eigenvalue weighted by molar-refractivity contribution is -0.137. The number of nitrogens with two attached hydrogens (primary N) is 1. The fourth-order valence-corrected chi connectivity index (χ4v) is 3.17. The molecule has 0 radical (unpaired) electrons. The van der Waals surface area contributed by atoms with Gasteiger partial charge in [-0.3, -0.25) is 4.79 Å². The molecule has 1 aliphatic rings. The van der Waals surface area contributed by atoms with Gasteiger partial charge >= 0.3 is 5.97 Å². The van der Waals surface area contributed by atoms with Crippen LogP contribution in [0.3, 0.4) is 0 Å². The number of ether oxygens (including phenoxy) is 1. The van der Waals surface area contributed by atoms with Crippen molar-refractivity contribution in [2.45, 2.75) is 56.9 Å². The molecule has 1 saturated carbocycles. The predicted octanol–water partition coefficient (Wildman–Crippen LogP) is 3.61. The molecule has 0 aliphatic heterocycles. The molecule has 4 heteroatoms. The molecular formula is C17H25NO3. The van der Waals surface area contributed by atoms with Crippen molar-refractivity contribution in [3.8, 4) is 5.75 Å². The highest BCUT2D eigenvalue weighted by Gasteiger charge is 2.19. The third kappa shape index (κ3) is 4.21. The molecule has 2 rings (SSSR count). The molecule has 0 spiro atoms. The monoisotopic (exact) mass is 291 g/mol. The van der Waals surface area contributed by atoms with Crippen LogP contribution in [0.2, 0.25) is 0 Å². The molecule has 21 heavy (non-hydrogen) atoms. The van der Waals surface area contributed by atoms with E-state index < -0.39 is 5.97 Å². The number of carboxylic acid groups (broad SMARTS) is 1. The minimum Gasteiger partial charge on any atom is -0.496 e. The van der Waals surface area contributed by atoms with Crippen LogP contribution in [0, 0.1) is 0 Å². The van der Waals surface area contributed by atoms with Crippen LogP contribution in [-0.2, 0) is 4.79 Å². The lowest BCUT2D eigenvalue weighted by Crippen LogP contribution is -2.14. The normalized spacial score (nSPS) is 17.4. The van der Waals surface area contributed by atoms with Gasteiger partial charge in [-0.15, -0.1) is 0 Å². The van der Waals surface area contributed by atoms with Crippen LogP contribution in [0.4, 0.5) is 0 Å². The molecule has 1 atom stereocenters. The first-order valence-electron chi connectivity index (χ1n) is 7.77. The number of aliphatic carboxylic acids is 1. The molecule has 3 N–H and O–H groups in total. The van der Waals surface area contributed by atoms with Crippen LogP contribution >= 0.6 is 0 Å². The van der Waals surface area contributed by atoms with E-state index in [1.807, 2.05) is 6.07 Å². The summed E-state index contributed by atoms with van der Waals surface area (Å²) in [5.41, 5.74) is 8.42. The Morgan fingerprint density at radius 3 is 2.71 bits per heavy atom. The van der Waals surface area contributed by atoms with Crippen molar-refractivity contribution in [3.05, 3.63) is 29.3 Å². The number of benzene rings is 1. The minimum absolute atomic E-state index is 0.0813. The van der Waals surface area contributed by atoms with Crippen molar-refractivity contribution < 1.29 is 14.6 Å². The zero-order valence-electron chi connectivity index (χ0n) is 12.7.